The van der Waals surface area contributed by atoms with E-state index in [2.05, 4.69) is 11.9 Å². The molecule has 2 aromatic heterocycles. The van der Waals surface area contributed by atoms with Crippen LogP contribution in [0.1, 0.15) is 18.3 Å². The number of nitrogens with zero attached hydrogens (tertiary/aromatic N) is 2. The van der Waals surface area contributed by atoms with Crippen molar-refractivity contribution in [2.24, 2.45) is 0 Å². The lowest BCUT2D eigenvalue weighted by Crippen LogP contribution is -1.91. The average Bonchev–Trinajstić information content (AvgIpc) is 2.39. The van der Waals surface area contributed by atoms with Gasteiger partial charge in [0.25, 0.3) is 0 Å². The first-order valence-electron chi connectivity index (χ1n) is 4.35. The van der Waals surface area contributed by atoms with E-state index in [4.69, 9.17) is 0 Å². The third-order valence-electron chi connectivity index (χ3n) is 2.22. The molecule has 2 rings (SSSR count). The molecule has 0 aromatic carbocycles. The van der Waals surface area contributed by atoms with Crippen LogP contribution in [0.4, 0.5) is 4.39 Å². The van der Waals surface area contributed by atoms with Gasteiger partial charge in [-0.15, -0.1) is 0 Å². The molecule has 0 unspecified atom stereocenters. The Kier molecular flexibility index (Phi) is 1.79. The lowest BCUT2D eigenvalue weighted by Gasteiger charge is -1.97. The predicted octanol–water partition coefficient (Wildman–Crippen LogP) is 2.34. The summed E-state index contributed by atoms with van der Waals surface area (Å²) < 4.78 is 14.8. The summed E-state index contributed by atoms with van der Waals surface area (Å²) in [6.07, 6.45) is 2.64. The number of rotatable bonds is 1. The van der Waals surface area contributed by atoms with Gasteiger partial charge in [-0.05, 0) is 19.4 Å². The van der Waals surface area contributed by atoms with Gasteiger partial charge in [0.15, 0.2) is 0 Å². The lowest BCUT2D eigenvalue weighted by molar-refractivity contribution is 0.626. The van der Waals surface area contributed by atoms with Crippen LogP contribution in [0, 0.1) is 12.7 Å². The summed E-state index contributed by atoms with van der Waals surface area (Å²) in [6, 6.07) is 2.90. The van der Waals surface area contributed by atoms with Gasteiger partial charge in [0.1, 0.15) is 11.5 Å². The number of aryl methyl sites for hydroxylation is 2. The van der Waals surface area contributed by atoms with Gasteiger partial charge in [0, 0.05) is 18.0 Å². The van der Waals surface area contributed by atoms with Crippen LogP contribution in [-0.4, -0.2) is 9.38 Å². The van der Waals surface area contributed by atoms with E-state index in [9.17, 15) is 4.39 Å². The molecule has 2 heterocycles. The minimum absolute atomic E-state index is 0.236. The molecule has 0 amide bonds. The molecule has 0 atom stereocenters. The van der Waals surface area contributed by atoms with Crippen LogP contribution < -0.4 is 0 Å². The van der Waals surface area contributed by atoms with E-state index in [0.29, 0.717) is 5.65 Å². The Labute approximate surface area is 76.0 Å². The summed E-state index contributed by atoms with van der Waals surface area (Å²) in [6.45, 7) is 4.02. The van der Waals surface area contributed by atoms with Crippen LogP contribution in [0.15, 0.2) is 18.3 Å². The quantitative estimate of drug-likeness (QED) is 0.655. The molecule has 68 valence electrons. The number of imidazole rings is 1. The molecule has 0 aliphatic carbocycles. The number of hydrogen-bond donors (Lipinski definition) is 0. The summed E-state index contributed by atoms with van der Waals surface area (Å²) in [4.78, 5) is 4.27. The Morgan fingerprint density at radius 1 is 1.54 bits per heavy atom. The zero-order chi connectivity index (χ0) is 9.42. The molecule has 3 heteroatoms. The van der Waals surface area contributed by atoms with Crippen LogP contribution in [0.25, 0.3) is 5.65 Å². The molecule has 0 fully saturated rings. The summed E-state index contributed by atoms with van der Waals surface area (Å²) >= 11 is 0. The van der Waals surface area contributed by atoms with Crippen molar-refractivity contribution in [2.45, 2.75) is 20.3 Å². The van der Waals surface area contributed by atoms with Crippen molar-refractivity contribution in [3.05, 3.63) is 35.5 Å². The third kappa shape index (κ3) is 1.20. The zero-order valence-electron chi connectivity index (χ0n) is 7.71. The van der Waals surface area contributed by atoms with Gasteiger partial charge in [-0.3, -0.25) is 0 Å². The maximum atomic E-state index is 12.8. The highest BCUT2D eigenvalue weighted by molar-refractivity contribution is 5.43. The molecule has 0 aliphatic rings. The topological polar surface area (TPSA) is 17.3 Å². The first kappa shape index (κ1) is 8.23. The van der Waals surface area contributed by atoms with Gasteiger partial charge in [-0.25, -0.2) is 9.37 Å². The second-order valence-corrected chi connectivity index (χ2v) is 3.07. The van der Waals surface area contributed by atoms with Crippen molar-refractivity contribution in [2.75, 3.05) is 0 Å². The van der Waals surface area contributed by atoms with E-state index in [-0.39, 0.29) is 5.82 Å². The molecule has 0 spiro atoms. The molecule has 0 saturated carbocycles. The SMILES string of the molecule is CCc1c(C)nc2cc(F)ccn12. The Morgan fingerprint density at radius 3 is 3.00 bits per heavy atom. The van der Waals surface area contributed by atoms with Crippen molar-refractivity contribution in [1.29, 1.82) is 0 Å². The summed E-state index contributed by atoms with van der Waals surface area (Å²) in [5.74, 6) is -0.236. The van der Waals surface area contributed by atoms with E-state index in [1.165, 1.54) is 12.1 Å². The highest BCUT2D eigenvalue weighted by Gasteiger charge is 2.06. The van der Waals surface area contributed by atoms with Gasteiger partial charge < -0.3 is 4.40 Å². The molecule has 2 aromatic rings. The molecular formula is C10H11FN2. The Morgan fingerprint density at radius 2 is 2.31 bits per heavy atom. The van der Waals surface area contributed by atoms with E-state index in [0.717, 1.165) is 17.8 Å². The third-order valence-corrected chi connectivity index (χ3v) is 2.22. The second kappa shape index (κ2) is 2.83. The van der Waals surface area contributed by atoms with Gasteiger partial charge in [-0.2, -0.15) is 0 Å². The smallest absolute Gasteiger partial charge is 0.140 e. The van der Waals surface area contributed by atoms with E-state index >= 15 is 0 Å². The highest BCUT2D eigenvalue weighted by atomic mass is 19.1. The van der Waals surface area contributed by atoms with Crippen LogP contribution >= 0.6 is 0 Å². The lowest BCUT2D eigenvalue weighted by atomic mass is 10.3. The van der Waals surface area contributed by atoms with Crippen molar-refractivity contribution in [1.82, 2.24) is 9.38 Å². The number of pyridine rings is 1. The second-order valence-electron chi connectivity index (χ2n) is 3.07. The van der Waals surface area contributed by atoms with Crippen LogP contribution in [0.3, 0.4) is 0 Å². The number of fused-ring (bicyclic) bond motifs is 1. The zero-order valence-corrected chi connectivity index (χ0v) is 7.71. The van der Waals surface area contributed by atoms with Crippen LogP contribution in [0.2, 0.25) is 0 Å². The van der Waals surface area contributed by atoms with E-state index in [1.807, 2.05) is 11.3 Å². The standard InChI is InChI=1S/C10H11FN2/c1-3-9-7(2)12-10-6-8(11)4-5-13(9)10/h4-6H,3H2,1-2H3. The first-order valence-corrected chi connectivity index (χ1v) is 4.35. The number of aromatic nitrogens is 2. The fourth-order valence-corrected chi connectivity index (χ4v) is 1.61. The Balaban J connectivity index is 2.79. The van der Waals surface area contributed by atoms with Gasteiger partial charge in [-0.1, -0.05) is 6.92 Å². The highest BCUT2D eigenvalue weighted by Crippen LogP contribution is 2.13. The fraction of sp³-hybridized carbons (Fsp3) is 0.300. The number of hydrogen-bond acceptors (Lipinski definition) is 1. The fourth-order valence-electron chi connectivity index (χ4n) is 1.61. The molecule has 2 nitrogen and oxygen atoms in total. The monoisotopic (exact) mass is 178 g/mol. The van der Waals surface area contributed by atoms with Gasteiger partial charge in [0.2, 0.25) is 0 Å². The summed E-state index contributed by atoms with van der Waals surface area (Å²) in [7, 11) is 0. The largest absolute Gasteiger partial charge is 0.304 e. The maximum Gasteiger partial charge on any atom is 0.140 e. The summed E-state index contributed by atoms with van der Waals surface area (Å²) in [5.41, 5.74) is 2.82. The van der Waals surface area contributed by atoms with Gasteiger partial charge >= 0.3 is 0 Å². The van der Waals surface area contributed by atoms with Crippen molar-refractivity contribution >= 4 is 5.65 Å². The summed E-state index contributed by atoms with van der Waals surface area (Å²) in [5, 5.41) is 0. The minimum atomic E-state index is -0.236. The maximum absolute atomic E-state index is 12.8. The molecule has 13 heavy (non-hydrogen) atoms. The normalized spacial score (nSPS) is 11.0. The Bertz CT molecular complexity index is 445. The van der Waals surface area contributed by atoms with Crippen LogP contribution in [0.5, 0.6) is 0 Å². The first-order chi connectivity index (χ1) is 6.22. The minimum Gasteiger partial charge on any atom is -0.304 e. The van der Waals surface area contributed by atoms with Gasteiger partial charge in [0.05, 0.1) is 5.69 Å². The van der Waals surface area contributed by atoms with Crippen molar-refractivity contribution in [3.63, 3.8) is 0 Å². The van der Waals surface area contributed by atoms with E-state index in [1.54, 1.807) is 6.20 Å². The van der Waals surface area contributed by atoms with Crippen molar-refractivity contribution < 1.29 is 4.39 Å². The molecule has 0 aliphatic heterocycles. The van der Waals surface area contributed by atoms with E-state index < -0.39 is 0 Å². The molecule has 0 saturated heterocycles. The molecule has 0 N–H and O–H groups in total. The van der Waals surface area contributed by atoms with Crippen LogP contribution in [-0.2, 0) is 6.42 Å². The number of halogens is 1. The predicted molar refractivity (Wildman–Crippen MR) is 49.3 cm³/mol. The molecule has 0 bridgehead atoms. The Hall–Kier alpha value is -1.38. The van der Waals surface area contributed by atoms with Crippen molar-refractivity contribution in [3.8, 4) is 0 Å². The molecule has 0 radical (unpaired) electrons. The average molecular weight is 178 g/mol. The molecular weight excluding hydrogens is 167 g/mol.